The van der Waals surface area contributed by atoms with Crippen molar-refractivity contribution < 1.29 is 17.6 Å². The molecule has 0 radical (unpaired) electrons. The largest absolute Gasteiger partial charge is 0.376 e. The van der Waals surface area contributed by atoms with Crippen LogP contribution in [-0.2, 0) is 6.54 Å². The molecule has 100 valence electrons. The highest BCUT2D eigenvalue weighted by Gasteiger charge is 2.18. The van der Waals surface area contributed by atoms with Crippen molar-refractivity contribution in [1.29, 1.82) is 0 Å². The molecule has 0 spiro atoms. The van der Waals surface area contributed by atoms with Gasteiger partial charge in [0.2, 0.25) is 0 Å². The van der Waals surface area contributed by atoms with Gasteiger partial charge in [0.25, 0.3) is 0 Å². The molecule has 5 heteroatoms. The molecule has 0 heterocycles. The van der Waals surface area contributed by atoms with Gasteiger partial charge in [0.15, 0.2) is 23.3 Å². The molecular formula is C14H11F4N. The van der Waals surface area contributed by atoms with Crippen LogP contribution in [0.5, 0.6) is 0 Å². The summed E-state index contributed by atoms with van der Waals surface area (Å²) in [5, 5.41) is 2.38. The van der Waals surface area contributed by atoms with E-state index in [4.69, 9.17) is 0 Å². The van der Waals surface area contributed by atoms with Crippen molar-refractivity contribution in [1.82, 2.24) is 0 Å². The molecule has 0 aliphatic rings. The Morgan fingerprint density at radius 1 is 0.947 bits per heavy atom. The van der Waals surface area contributed by atoms with Crippen LogP contribution in [0.2, 0.25) is 0 Å². The molecule has 1 nitrogen and oxygen atoms in total. The van der Waals surface area contributed by atoms with Gasteiger partial charge in [-0.2, -0.15) is 0 Å². The molecule has 0 fully saturated rings. The number of hydrogen-bond donors (Lipinski definition) is 1. The van der Waals surface area contributed by atoms with E-state index in [0.717, 1.165) is 11.1 Å². The summed E-state index contributed by atoms with van der Waals surface area (Å²) in [5.41, 5.74) is 0.938. The second-order valence-corrected chi connectivity index (χ2v) is 4.19. The Balaban J connectivity index is 2.25. The molecule has 0 aromatic heterocycles. The molecule has 0 unspecified atom stereocenters. The van der Waals surface area contributed by atoms with Gasteiger partial charge in [0.05, 0.1) is 0 Å². The quantitative estimate of drug-likeness (QED) is 0.651. The molecule has 0 bridgehead atoms. The SMILES string of the molecule is Cc1cccc(CNc2c(F)c(F)cc(F)c2F)c1. The summed E-state index contributed by atoms with van der Waals surface area (Å²) >= 11 is 0. The highest BCUT2D eigenvalue weighted by Crippen LogP contribution is 2.24. The maximum Gasteiger partial charge on any atom is 0.185 e. The van der Waals surface area contributed by atoms with Crippen LogP contribution < -0.4 is 5.32 Å². The molecule has 0 aliphatic carbocycles. The Morgan fingerprint density at radius 2 is 1.58 bits per heavy atom. The molecule has 0 saturated carbocycles. The minimum Gasteiger partial charge on any atom is -0.376 e. The third-order valence-electron chi connectivity index (χ3n) is 2.66. The normalized spacial score (nSPS) is 10.6. The highest BCUT2D eigenvalue weighted by molar-refractivity contribution is 5.47. The first-order valence-electron chi connectivity index (χ1n) is 5.61. The van der Waals surface area contributed by atoms with Crippen LogP contribution in [0.1, 0.15) is 11.1 Å². The molecule has 0 amide bonds. The minimum atomic E-state index is -1.43. The first-order valence-corrected chi connectivity index (χ1v) is 5.61. The maximum absolute atomic E-state index is 13.4. The molecule has 2 aromatic carbocycles. The zero-order valence-electron chi connectivity index (χ0n) is 10.1. The van der Waals surface area contributed by atoms with Crippen LogP contribution >= 0.6 is 0 Å². The van der Waals surface area contributed by atoms with Gasteiger partial charge in [0.1, 0.15) is 5.69 Å². The number of nitrogens with one attached hydrogen (secondary N) is 1. The summed E-state index contributed by atoms with van der Waals surface area (Å²) in [7, 11) is 0. The molecule has 2 rings (SSSR count). The number of aryl methyl sites for hydroxylation is 1. The van der Waals surface area contributed by atoms with Gasteiger partial charge >= 0.3 is 0 Å². The minimum absolute atomic E-state index is 0.0679. The Labute approximate surface area is 107 Å². The van der Waals surface area contributed by atoms with E-state index >= 15 is 0 Å². The van der Waals surface area contributed by atoms with Gasteiger partial charge in [-0.05, 0) is 12.5 Å². The lowest BCUT2D eigenvalue weighted by Crippen LogP contribution is -2.07. The van der Waals surface area contributed by atoms with Crippen molar-refractivity contribution in [3.63, 3.8) is 0 Å². The van der Waals surface area contributed by atoms with E-state index in [9.17, 15) is 17.6 Å². The topological polar surface area (TPSA) is 12.0 Å². The van der Waals surface area contributed by atoms with Crippen molar-refractivity contribution in [2.45, 2.75) is 13.5 Å². The maximum atomic E-state index is 13.4. The van der Waals surface area contributed by atoms with Crippen molar-refractivity contribution in [3.8, 4) is 0 Å². The Bertz CT molecular complexity index is 584. The second kappa shape index (κ2) is 5.30. The molecule has 19 heavy (non-hydrogen) atoms. The van der Waals surface area contributed by atoms with Crippen LogP contribution in [-0.4, -0.2) is 0 Å². The van der Waals surface area contributed by atoms with Gasteiger partial charge < -0.3 is 5.32 Å². The zero-order chi connectivity index (χ0) is 14.0. The van der Waals surface area contributed by atoms with E-state index in [2.05, 4.69) is 5.32 Å². The van der Waals surface area contributed by atoms with Gasteiger partial charge in [0, 0.05) is 12.6 Å². The van der Waals surface area contributed by atoms with Crippen molar-refractivity contribution in [2.24, 2.45) is 0 Å². The fourth-order valence-corrected chi connectivity index (χ4v) is 1.74. The first-order chi connectivity index (χ1) is 8.99. The molecule has 0 aliphatic heterocycles. The fraction of sp³-hybridized carbons (Fsp3) is 0.143. The first kappa shape index (κ1) is 13.4. The van der Waals surface area contributed by atoms with E-state index in [1.165, 1.54) is 0 Å². The summed E-state index contributed by atoms with van der Waals surface area (Å²) in [6.45, 7) is 1.94. The Morgan fingerprint density at radius 3 is 2.16 bits per heavy atom. The zero-order valence-corrected chi connectivity index (χ0v) is 10.1. The number of halogens is 4. The van der Waals surface area contributed by atoms with Crippen LogP contribution in [0.4, 0.5) is 23.2 Å². The smallest absolute Gasteiger partial charge is 0.185 e. The number of anilines is 1. The van der Waals surface area contributed by atoms with Crippen molar-refractivity contribution in [3.05, 3.63) is 64.7 Å². The monoisotopic (exact) mass is 269 g/mol. The number of rotatable bonds is 3. The van der Waals surface area contributed by atoms with E-state index in [1.54, 1.807) is 18.2 Å². The third-order valence-corrected chi connectivity index (χ3v) is 2.66. The molecule has 1 N–H and O–H groups in total. The standard InChI is InChI=1S/C14H11F4N/c1-8-3-2-4-9(5-8)7-19-14-12(17)10(15)6-11(16)13(14)18/h2-6,19H,7H2,1H3. The third kappa shape index (κ3) is 2.86. The Hall–Kier alpha value is -2.04. The molecule has 0 saturated heterocycles. The van der Waals surface area contributed by atoms with E-state index in [0.29, 0.717) is 0 Å². The predicted octanol–water partition coefficient (Wildman–Crippen LogP) is 4.16. The number of hydrogen-bond acceptors (Lipinski definition) is 1. The molecule has 0 atom stereocenters. The Kier molecular flexibility index (Phi) is 3.74. The van der Waals surface area contributed by atoms with Gasteiger partial charge in [-0.1, -0.05) is 29.8 Å². The van der Waals surface area contributed by atoms with Gasteiger partial charge in [-0.3, -0.25) is 0 Å². The summed E-state index contributed by atoms with van der Waals surface area (Å²) in [5.74, 6) is -5.70. The average Bonchev–Trinajstić information content (AvgIpc) is 2.36. The van der Waals surface area contributed by atoms with Gasteiger partial charge in [-0.15, -0.1) is 0 Å². The van der Waals surface area contributed by atoms with E-state index in [1.807, 2.05) is 13.0 Å². The predicted molar refractivity (Wildman–Crippen MR) is 64.8 cm³/mol. The van der Waals surface area contributed by atoms with Crippen LogP contribution in [0.3, 0.4) is 0 Å². The molecule has 2 aromatic rings. The lowest BCUT2D eigenvalue weighted by molar-refractivity contribution is 0.458. The number of benzene rings is 2. The van der Waals surface area contributed by atoms with Crippen molar-refractivity contribution in [2.75, 3.05) is 5.32 Å². The second-order valence-electron chi connectivity index (χ2n) is 4.19. The van der Waals surface area contributed by atoms with Crippen LogP contribution in [0.15, 0.2) is 30.3 Å². The summed E-state index contributed by atoms with van der Waals surface area (Å²) in [4.78, 5) is 0. The average molecular weight is 269 g/mol. The van der Waals surface area contributed by atoms with E-state index < -0.39 is 29.0 Å². The lowest BCUT2D eigenvalue weighted by Gasteiger charge is -2.10. The van der Waals surface area contributed by atoms with E-state index in [-0.39, 0.29) is 12.6 Å². The summed E-state index contributed by atoms with van der Waals surface area (Å²) in [6, 6.07) is 7.38. The van der Waals surface area contributed by atoms with Crippen LogP contribution in [0, 0.1) is 30.2 Å². The van der Waals surface area contributed by atoms with Crippen LogP contribution in [0.25, 0.3) is 0 Å². The fourth-order valence-electron chi connectivity index (χ4n) is 1.74. The van der Waals surface area contributed by atoms with Gasteiger partial charge in [-0.25, -0.2) is 17.6 Å². The highest BCUT2D eigenvalue weighted by atomic mass is 19.2. The summed E-state index contributed by atoms with van der Waals surface area (Å²) < 4.78 is 52.7. The van der Waals surface area contributed by atoms with Crippen molar-refractivity contribution >= 4 is 5.69 Å². The molecular weight excluding hydrogens is 258 g/mol. The summed E-state index contributed by atoms with van der Waals surface area (Å²) in [6.07, 6.45) is 0. The lowest BCUT2D eigenvalue weighted by atomic mass is 10.1.